The lowest BCUT2D eigenvalue weighted by Gasteiger charge is -2.35. The zero-order chi connectivity index (χ0) is 32.6. The average Bonchev–Trinajstić information content (AvgIpc) is 3.13. The molecule has 48 heavy (non-hydrogen) atoms. The van der Waals surface area contributed by atoms with Crippen LogP contribution < -0.4 is 23.7 Å². The zero-order valence-electron chi connectivity index (χ0n) is 27.8. The van der Waals surface area contributed by atoms with Gasteiger partial charge in [0.2, 0.25) is 11.7 Å². The van der Waals surface area contributed by atoms with Crippen molar-refractivity contribution in [2.75, 3.05) is 47.5 Å². The Morgan fingerprint density at radius 3 is 1.75 bits per heavy atom. The van der Waals surface area contributed by atoms with Crippen LogP contribution in [-0.2, 0) is 31.0 Å². The van der Waals surface area contributed by atoms with Crippen molar-refractivity contribution in [2.24, 2.45) is 0 Å². The largest absolute Gasteiger partial charge is 0.493 e. The van der Waals surface area contributed by atoms with Crippen LogP contribution >= 0.6 is 12.4 Å². The summed E-state index contributed by atoms with van der Waals surface area (Å²) in [6, 6.07) is 28.3. The van der Waals surface area contributed by atoms with Crippen LogP contribution in [-0.4, -0.2) is 63.2 Å². The van der Waals surface area contributed by atoms with Gasteiger partial charge in [0.1, 0.15) is 13.2 Å². The third-order valence-electron chi connectivity index (χ3n) is 8.74. The van der Waals surface area contributed by atoms with Crippen molar-refractivity contribution >= 4 is 24.4 Å². The maximum atomic E-state index is 13.7. The highest BCUT2D eigenvalue weighted by molar-refractivity contribution is 5.99. The lowest BCUT2D eigenvalue weighted by Crippen LogP contribution is -2.48. The molecule has 0 bridgehead atoms. The number of rotatable bonds is 12. The predicted molar refractivity (Wildman–Crippen MR) is 189 cm³/mol. The summed E-state index contributed by atoms with van der Waals surface area (Å²) >= 11 is 0. The van der Waals surface area contributed by atoms with Crippen molar-refractivity contribution in [1.82, 2.24) is 9.80 Å². The molecule has 9 heteroatoms. The van der Waals surface area contributed by atoms with Gasteiger partial charge in [-0.2, -0.15) is 0 Å². The number of methoxy groups -OCH3 is 3. The second-order valence-electron chi connectivity index (χ2n) is 11.8. The van der Waals surface area contributed by atoms with Crippen molar-refractivity contribution in [3.63, 3.8) is 0 Å². The topological polar surface area (TPSA) is 69.7 Å². The molecular formula is C39H43ClN2O6. The van der Waals surface area contributed by atoms with Crippen molar-refractivity contribution in [2.45, 2.75) is 32.6 Å². The zero-order valence-corrected chi connectivity index (χ0v) is 28.6. The van der Waals surface area contributed by atoms with Crippen LogP contribution in [0.5, 0.6) is 28.7 Å². The summed E-state index contributed by atoms with van der Waals surface area (Å²) in [7, 11) is 4.86. The molecule has 2 aliphatic rings. The summed E-state index contributed by atoms with van der Waals surface area (Å²) < 4.78 is 29.1. The van der Waals surface area contributed by atoms with Gasteiger partial charge in [-0.25, -0.2) is 0 Å². The number of ether oxygens (including phenoxy) is 5. The molecule has 4 aromatic rings. The first-order valence-corrected chi connectivity index (χ1v) is 16.1. The Bertz CT molecular complexity index is 1680. The SMILES string of the molecule is COc1cc(CN2CCN(C(=O)C3=Cc4cc(OCc5ccccc5)c(OCc5ccccc5)cc4CC3)CC2)cc(OC)c1OC.Cl. The minimum Gasteiger partial charge on any atom is -0.493 e. The number of nitrogens with zero attached hydrogens (tertiary/aromatic N) is 2. The number of aryl methyl sites for hydroxylation is 1. The monoisotopic (exact) mass is 670 g/mol. The fourth-order valence-corrected chi connectivity index (χ4v) is 6.16. The first-order valence-electron chi connectivity index (χ1n) is 16.1. The molecule has 1 fully saturated rings. The first-order chi connectivity index (χ1) is 23.0. The molecule has 6 rings (SSSR count). The molecule has 0 saturated carbocycles. The number of benzene rings is 4. The molecular weight excluding hydrogens is 628 g/mol. The molecule has 0 N–H and O–H groups in total. The van der Waals surface area contributed by atoms with Crippen LogP contribution in [0, 0.1) is 0 Å². The van der Waals surface area contributed by atoms with E-state index >= 15 is 0 Å². The van der Waals surface area contributed by atoms with E-state index in [1.165, 1.54) is 0 Å². The maximum Gasteiger partial charge on any atom is 0.249 e. The van der Waals surface area contributed by atoms with E-state index in [2.05, 4.69) is 23.1 Å². The molecule has 0 unspecified atom stereocenters. The van der Waals surface area contributed by atoms with Crippen LogP contribution in [0.2, 0.25) is 0 Å². The maximum absolute atomic E-state index is 13.7. The molecule has 0 spiro atoms. The smallest absolute Gasteiger partial charge is 0.249 e. The van der Waals surface area contributed by atoms with E-state index in [1.807, 2.05) is 77.7 Å². The number of carbonyl (C=O) groups excluding carboxylic acids is 1. The number of carbonyl (C=O) groups is 1. The van der Waals surface area contributed by atoms with Gasteiger partial charge in [-0.05, 0) is 71.0 Å². The second-order valence-corrected chi connectivity index (χ2v) is 11.8. The minimum atomic E-state index is 0. The van der Waals surface area contributed by atoms with Gasteiger partial charge in [0.15, 0.2) is 23.0 Å². The molecule has 0 aromatic heterocycles. The van der Waals surface area contributed by atoms with Crippen LogP contribution in [0.1, 0.15) is 34.2 Å². The van der Waals surface area contributed by atoms with Gasteiger partial charge in [0.05, 0.1) is 21.3 Å². The van der Waals surface area contributed by atoms with E-state index in [-0.39, 0.29) is 18.3 Å². The molecule has 1 aliphatic heterocycles. The summed E-state index contributed by atoms with van der Waals surface area (Å²) in [5, 5.41) is 0. The van der Waals surface area contributed by atoms with E-state index in [9.17, 15) is 4.79 Å². The summed E-state index contributed by atoms with van der Waals surface area (Å²) in [4.78, 5) is 18.1. The van der Waals surface area contributed by atoms with Gasteiger partial charge in [-0.3, -0.25) is 9.69 Å². The molecule has 4 aromatic carbocycles. The van der Waals surface area contributed by atoms with E-state index in [0.29, 0.717) is 55.7 Å². The Kier molecular flexibility index (Phi) is 11.9. The van der Waals surface area contributed by atoms with Crippen molar-refractivity contribution < 1.29 is 28.5 Å². The molecule has 1 saturated heterocycles. The van der Waals surface area contributed by atoms with Crippen molar-refractivity contribution in [1.29, 1.82) is 0 Å². The van der Waals surface area contributed by atoms with Crippen LogP contribution in [0.3, 0.4) is 0 Å². The predicted octanol–water partition coefficient (Wildman–Crippen LogP) is 6.97. The number of hydrogen-bond donors (Lipinski definition) is 0. The molecule has 8 nitrogen and oxygen atoms in total. The third-order valence-corrected chi connectivity index (χ3v) is 8.74. The van der Waals surface area contributed by atoms with Crippen LogP contribution in [0.4, 0.5) is 0 Å². The minimum absolute atomic E-state index is 0. The lowest BCUT2D eigenvalue weighted by molar-refractivity contribution is -0.129. The Balaban J connectivity index is 0.00000451. The second kappa shape index (κ2) is 16.4. The number of halogens is 1. The van der Waals surface area contributed by atoms with Crippen LogP contribution in [0.25, 0.3) is 6.08 Å². The number of hydrogen-bond acceptors (Lipinski definition) is 7. The highest BCUT2D eigenvalue weighted by Gasteiger charge is 2.27. The highest BCUT2D eigenvalue weighted by Crippen LogP contribution is 2.39. The van der Waals surface area contributed by atoms with Gasteiger partial charge in [-0.15, -0.1) is 12.4 Å². The average molecular weight is 671 g/mol. The van der Waals surface area contributed by atoms with E-state index in [1.54, 1.807) is 21.3 Å². The fourth-order valence-electron chi connectivity index (χ4n) is 6.16. The van der Waals surface area contributed by atoms with Gasteiger partial charge in [0.25, 0.3) is 0 Å². The molecule has 0 atom stereocenters. The fraction of sp³-hybridized carbons (Fsp3) is 0.308. The summed E-state index contributed by atoms with van der Waals surface area (Å²) in [6.07, 6.45) is 3.51. The van der Waals surface area contributed by atoms with Crippen molar-refractivity contribution in [3.8, 4) is 28.7 Å². The molecule has 1 heterocycles. The first kappa shape index (κ1) is 34.7. The van der Waals surface area contributed by atoms with Gasteiger partial charge in [0, 0.05) is 38.3 Å². The Hall–Kier alpha value is -4.66. The van der Waals surface area contributed by atoms with Gasteiger partial charge >= 0.3 is 0 Å². The van der Waals surface area contributed by atoms with E-state index in [0.717, 1.165) is 65.2 Å². The van der Waals surface area contributed by atoms with E-state index < -0.39 is 0 Å². The van der Waals surface area contributed by atoms with Gasteiger partial charge in [-0.1, -0.05) is 60.7 Å². The molecule has 252 valence electrons. The standard InChI is InChI=1S/C39H42N2O6.ClH/c1-43-36-20-30(21-37(44-2)38(36)45-3)25-40-16-18-41(19-17-40)39(42)32-15-14-31-23-34(46-26-28-10-6-4-7-11-28)35(24-33(31)22-32)47-27-29-12-8-5-9-13-29;/h4-13,20-24H,14-19,25-27H2,1-3H3;1H. The molecule has 1 aliphatic carbocycles. The summed E-state index contributed by atoms with van der Waals surface area (Å²) in [5.74, 6) is 3.37. The Morgan fingerprint density at radius 2 is 1.21 bits per heavy atom. The van der Waals surface area contributed by atoms with Crippen LogP contribution in [0.15, 0.2) is 90.5 Å². The van der Waals surface area contributed by atoms with E-state index in [4.69, 9.17) is 23.7 Å². The summed E-state index contributed by atoms with van der Waals surface area (Å²) in [5.41, 5.74) is 6.25. The number of amides is 1. The lowest BCUT2D eigenvalue weighted by atomic mass is 9.91. The number of fused-ring (bicyclic) bond motifs is 1. The quantitative estimate of drug-likeness (QED) is 0.161. The molecule has 0 radical (unpaired) electrons. The summed E-state index contributed by atoms with van der Waals surface area (Å²) in [6.45, 7) is 4.52. The third kappa shape index (κ3) is 8.24. The highest BCUT2D eigenvalue weighted by atomic mass is 35.5. The van der Waals surface area contributed by atoms with Gasteiger partial charge < -0.3 is 28.6 Å². The Morgan fingerprint density at radius 1 is 0.646 bits per heavy atom. The van der Waals surface area contributed by atoms with Crippen molar-refractivity contribution in [3.05, 3.63) is 118 Å². The molecule has 1 amide bonds. The Labute approximate surface area is 289 Å². The number of piperazine rings is 1. The normalized spacial score (nSPS) is 14.2.